The van der Waals surface area contributed by atoms with Crippen LogP contribution in [0.2, 0.25) is 0 Å². The summed E-state index contributed by atoms with van der Waals surface area (Å²) in [6, 6.07) is 9.96. The second kappa shape index (κ2) is 8.42. The highest BCUT2D eigenvalue weighted by Gasteiger charge is 2.19. The number of fused-ring (bicyclic) bond motifs is 1. The van der Waals surface area contributed by atoms with Crippen LogP contribution in [0.1, 0.15) is 23.2 Å². The maximum atomic E-state index is 14.1. The zero-order valence-electron chi connectivity index (χ0n) is 15.3. The summed E-state index contributed by atoms with van der Waals surface area (Å²) in [7, 11) is 0. The second-order valence-corrected chi connectivity index (χ2v) is 7.62. The minimum absolute atomic E-state index is 0.0274. The molecule has 1 atom stereocenters. The lowest BCUT2D eigenvalue weighted by molar-refractivity contribution is 0.0854. The third-order valence-corrected chi connectivity index (χ3v) is 5.09. The first-order valence-corrected chi connectivity index (χ1v) is 9.92. The van der Waals surface area contributed by atoms with E-state index in [1.165, 1.54) is 6.07 Å². The topological polar surface area (TPSA) is 63.8 Å². The standard InChI is InChI=1S/C21H17BrF2N2O3/c22-13-3-6-19-12(8-13)9-16(20(27)25-11-15-2-1-7-28-15)21(29-19)26-18-5-4-14(23)10-17(18)24/h3-6,8-10,15H,1-2,7,11H2,(H,25,27)/t15-/m0/s1. The SMILES string of the molecule is O=C(NC[C@@H]1CCCO1)c1cc2cc(Br)ccc2oc1=Nc1ccc(F)cc1F. The number of rotatable bonds is 4. The molecular weight excluding hydrogens is 446 g/mol. The van der Waals surface area contributed by atoms with Crippen LogP contribution in [0.25, 0.3) is 11.0 Å². The van der Waals surface area contributed by atoms with Gasteiger partial charge < -0.3 is 14.5 Å². The van der Waals surface area contributed by atoms with Crippen LogP contribution in [-0.4, -0.2) is 25.2 Å². The summed E-state index contributed by atoms with van der Waals surface area (Å²) in [4.78, 5) is 17.0. The van der Waals surface area contributed by atoms with Gasteiger partial charge >= 0.3 is 0 Å². The predicted octanol–water partition coefficient (Wildman–Crippen LogP) is 4.61. The minimum Gasteiger partial charge on any atom is -0.438 e. The monoisotopic (exact) mass is 462 g/mol. The Balaban J connectivity index is 1.78. The average Bonchev–Trinajstić information content (AvgIpc) is 3.21. The first-order valence-electron chi connectivity index (χ1n) is 9.12. The Morgan fingerprint density at radius 2 is 2.07 bits per heavy atom. The number of carbonyl (C=O) groups is 1. The van der Waals surface area contributed by atoms with E-state index >= 15 is 0 Å². The number of nitrogens with one attached hydrogen (secondary N) is 1. The molecule has 0 bridgehead atoms. The number of hydrogen-bond donors (Lipinski definition) is 1. The number of benzene rings is 2. The molecule has 1 fully saturated rings. The molecule has 150 valence electrons. The van der Waals surface area contributed by atoms with E-state index < -0.39 is 17.5 Å². The molecule has 4 rings (SSSR count). The van der Waals surface area contributed by atoms with Gasteiger partial charge in [-0.3, -0.25) is 4.79 Å². The normalized spacial score (nSPS) is 17.1. The molecule has 0 saturated carbocycles. The number of nitrogens with zero attached hydrogens (tertiary/aromatic N) is 1. The van der Waals surface area contributed by atoms with E-state index in [1.54, 1.807) is 24.3 Å². The second-order valence-electron chi connectivity index (χ2n) is 6.70. The van der Waals surface area contributed by atoms with Crippen molar-refractivity contribution in [3.63, 3.8) is 0 Å². The van der Waals surface area contributed by atoms with Crippen molar-refractivity contribution in [2.24, 2.45) is 4.99 Å². The van der Waals surface area contributed by atoms with Crippen LogP contribution in [-0.2, 0) is 4.74 Å². The predicted molar refractivity (Wildman–Crippen MR) is 107 cm³/mol. The molecule has 0 spiro atoms. The lowest BCUT2D eigenvalue weighted by Crippen LogP contribution is -2.34. The minimum atomic E-state index is -0.846. The van der Waals surface area contributed by atoms with Gasteiger partial charge in [0.05, 0.1) is 6.10 Å². The summed E-state index contributed by atoms with van der Waals surface area (Å²) in [5.41, 5.74) is 0.442. The van der Waals surface area contributed by atoms with Crippen molar-refractivity contribution >= 4 is 38.5 Å². The summed E-state index contributed by atoms with van der Waals surface area (Å²) >= 11 is 3.39. The molecule has 2 aromatic carbocycles. The molecule has 3 aromatic rings. The number of hydrogen-bond acceptors (Lipinski definition) is 4. The first kappa shape index (κ1) is 19.7. The van der Waals surface area contributed by atoms with Gasteiger partial charge in [-0.2, -0.15) is 0 Å². The van der Waals surface area contributed by atoms with Crippen molar-refractivity contribution < 1.29 is 22.7 Å². The number of ether oxygens (including phenoxy) is 1. The van der Waals surface area contributed by atoms with Crippen molar-refractivity contribution in [3.05, 3.63) is 69.7 Å². The van der Waals surface area contributed by atoms with Gasteiger partial charge in [0.2, 0.25) is 5.55 Å². The highest BCUT2D eigenvalue weighted by Crippen LogP contribution is 2.21. The van der Waals surface area contributed by atoms with Crippen LogP contribution in [0, 0.1) is 11.6 Å². The highest BCUT2D eigenvalue weighted by atomic mass is 79.9. The molecule has 1 amide bonds. The van der Waals surface area contributed by atoms with Gasteiger partial charge in [-0.1, -0.05) is 15.9 Å². The fourth-order valence-electron chi connectivity index (χ4n) is 3.14. The molecule has 5 nitrogen and oxygen atoms in total. The lowest BCUT2D eigenvalue weighted by atomic mass is 10.1. The number of carbonyl (C=O) groups excluding carboxylic acids is 1. The van der Waals surface area contributed by atoms with Crippen LogP contribution < -0.4 is 10.9 Å². The van der Waals surface area contributed by atoms with Gasteiger partial charge in [0, 0.05) is 29.1 Å². The third kappa shape index (κ3) is 4.54. The van der Waals surface area contributed by atoms with E-state index in [4.69, 9.17) is 9.15 Å². The maximum absolute atomic E-state index is 14.1. The van der Waals surface area contributed by atoms with Gasteiger partial charge in [-0.05, 0) is 49.2 Å². The Labute approximate surface area is 173 Å². The number of halogens is 3. The van der Waals surface area contributed by atoms with Crippen molar-refractivity contribution in [3.8, 4) is 0 Å². The van der Waals surface area contributed by atoms with Crippen LogP contribution in [0.3, 0.4) is 0 Å². The molecule has 1 aliphatic heterocycles. The maximum Gasteiger partial charge on any atom is 0.256 e. The summed E-state index contributed by atoms with van der Waals surface area (Å²) in [6.45, 7) is 1.05. The van der Waals surface area contributed by atoms with Crippen LogP contribution in [0.4, 0.5) is 14.5 Å². The molecular formula is C21H17BrF2N2O3. The zero-order valence-corrected chi connectivity index (χ0v) is 16.8. The average molecular weight is 463 g/mol. The molecule has 2 heterocycles. The molecule has 8 heteroatoms. The Hall–Kier alpha value is -2.58. The van der Waals surface area contributed by atoms with Gasteiger partial charge in [0.15, 0.2) is 5.82 Å². The third-order valence-electron chi connectivity index (χ3n) is 4.60. The van der Waals surface area contributed by atoms with Crippen molar-refractivity contribution in [2.75, 3.05) is 13.2 Å². The van der Waals surface area contributed by atoms with Crippen LogP contribution in [0.15, 0.2) is 56.3 Å². The Bertz CT molecular complexity index is 1140. The van der Waals surface area contributed by atoms with Gasteiger partial charge in [0.25, 0.3) is 5.91 Å². The first-order chi connectivity index (χ1) is 14.0. The van der Waals surface area contributed by atoms with E-state index in [0.29, 0.717) is 24.1 Å². The van der Waals surface area contributed by atoms with Crippen molar-refractivity contribution in [1.29, 1.82) is 0 Å². The molecule has 1 aliphatic rings. The van der Waals surface area contributed by atoms with Crippen molar-refractivity contribution in [2.45, 2.75) is 18.9 Å². The lowest BCUT2D eigenvalue weighted by Gasteiger charge is -2.11. The Morgan fingerprint density at radius 1 is 1.21 bits per heavy atom. The molecule has 0 radical (unpaired) electrons. The van der Waals surface area contributed by atoms with Crippen molar-refractivity contribution in [1.82, 2.24) is 5.32 Å². The Kier molecular flexibility index (Phi) is 5.73. The smallest absolute Gasteiger partial charge is 0.256 e. The molecule has 29 heavy (non-hydrogen) atoms. The molecule has 0 unspecified atom stereocenters. The van der Waals surface area contributed by atoms with E-state index in [1.807, 2.05) is 0 Å². The summed E-state index contributed by atoms with van der Waals surface area (Å²) < 4.78 is 39.4. The molecule has 1 saturated heterocycles. The summed E-state index contributed by atoms with van der Waals surface area (Å²) in [5, 5.41) is 3.50. The van der Waals surface area contributed by atoms with Gasteiger partial charge in [0.1, 0.15) is 22.7 Å². The fourth-order valence-corrected chi connectivity index (χ4v) is 3.51. The quantitative estimate of drug-likeness (QED) is 0.615. The molecule has 0 aliphatic carbocycles. The highest BCUT2D eigenvalue weighted by molar-refractivity contribution is 9.10. The zero-order chi connectivity index (χ0) is 20.4. The largest absolute Gasteiger partial charge is 0.438 e. The summed E-state index contributed by atoms with van der Waals surface area (Å²) in [6.07, 6.45) is 1.82. The van der Waals surface area contributed by atoms with E-state index in [-0.39, 0.29) is 22.9 Å². The molecule has 1 N–H and O–H groups in total. The van der Waals surface area contributed by atoms with E-state index in [9.17, 15) is 13.6 Å². The van der Waals surface area contributed by atoms with Gasteiger partial charge in [-0.15, -0.1) is 0 Å². The Morgan fingerprint density at radius 3 is 2.83 bits per heavy atom. The van der Waals surface area contributed by atoms with Crippen LogP contribution in [0.5, 0.6) is 0 Å². The van der Waals surface area contributed by atoms with Crippen LogP contribution >= 0.6 is 15.9 Å². The number of amides is 1. The van der Waals surface area contributed by atoms with Gasteiger partial charge in [-0.25, -0.2) is 13.8 Å². The molecule has 1 aromatic heterocycles. The van der Waals surface area contributed by atoms with E-state index in [0.717, 1.165) is 29.4 Å². The van der Waals surface area contributed by atoms with E-state index in [2.05, 4.69) is 26.2 Å². The summed E-state index contributed by atoms with van der Waals surface area (Å²) in [5.74, 6) is -1.97. The fraction of sp³-hybridized carbons (Fsp3) is 0.238.